The van der Waals surface area contributed by atoms with E-state index >= 15 is 0 Å². The van der Waals surface area contributed by atoms with E-state index in [2.05, 4.69) is 31.9 Å². The summed E-state index contributed by atoms with van der Waals surface area (Å²) in [5.41, 5.74) is 0.357. The van der Waals surface area contributed by atoms with Crippen LogP contribution < -0.4 is 19.6 Å². The van der Waals surface area contributed by atoms with Crippen LogP contribution >= 0.6 is 43.2 Å². The Labute approximate surface area is 243 Å². The maximum absolute atomic E-state index is 13.9. The molecule has 0 amide bonds. The standard InChI is InChI=1S/C26H23Br2N3O7S/c1-4-6-17-21(25(34)38-5-2)22(16-11-14(27)7-8-19(16)37-3)30-24(33)20(39-26(30)29-17)10-13-9-15(28)12-18(23(13)32)31(35)36/h7-12,22,32H,4-6H2,1-3H3/b20-10+/t22-/m0/s1. The van der Waals surface area contributed by atoms with Crippen molar-refractivity contribution in [2.24, 2.45) is 4.99 Å². The van der Waals surface area contributed by atoms with Gasteiger partial charge in [0, 0.05) is 26.1 Å². The number of methoxy groups -OCH3 is 1. The Balaban J connectivity index is 2.08. The van der Waals surface area contributed by atoms with Gasteiger partial charge in [-0.1, -0.05) is 56.5 Å². The summed E-state index contributed by atoms with van der Waals surface area (Å²) in [5, 5.41) is 22.0. The molecule has 2 aromatic carbocycles. The number of aromatic hydroxyl groups is 1. The van der Waals surface area contributed by atoms with Crippen molar-refractivity contribution in [1.29, 1.82) is 0 Å². The third-order valence-electron chi connectivity index (χ3n) is 5.95. The first-order chi connectivity index (χ1) is 18.6. The lowest BCUT2D eigenvalue weighted by atomic mass is 9.93. The Bertz CT molecular complexity index is 1690. The second kappa shape index (κ2) is 11.8. The first-order valence-electron chi connectivity index (χ1n) is 11.8. The average molecular weight is 681 g/mol. The van der Waals surface area contributed by atoms with E-state index in [0.717, 1.165) is 11.3 Å². The summed E-state index contributed by atoms with van der Waals surface area (Å²) in [5.74, 6) is -0.706. The van der Waals surface area contributed by atoms with E-state index < -0.39 is 33.9 Å². The van der Waals surface area contributed by atoms with E-state index in [4.69, 9.17) is 14.5 Å². The highest BCUT2D eigenvalue weighted by Gasteiger charge is 2.36. The van der Waals surface area contributed by atoms with Crippen LogP contribution in [0.25, 0.3) is 6.08 Å². The summed E-state index contributed by atoms with van der Waals surface area (Å²) < 4.78 is 13.6. The number of ether oxygens (including phenoxy) is 2. The van der Waals surface area contributed by atoms with Crippen molar-refractivity contribution in [2.45, 2.75) is 32.7 Å². The lowest BCUT2D eigenvalue weighted by Crippen LogP contribution is -2.40. The van der Waals surface area contributed by atoms with Crippen molar-refractivity contribution in [3.8, 4) is 11.5 Å². The molecule has 0 aliphatic carbocycles. The highest BCUT2D eigenvalue weighted by atomic mass is 79.9. The van der Waals surface area contributed by atoms with Gasteiger partial charge in [0.25, 0.3) is 5.56 Å². The highest BCUT2D eigenvalue weighted by molar-refractivity contribution is 9.10. The molecular formula is C26H23Br2N3O7S. The lowest BCUT2D eigenvalue weighted by molar-refractivity contribution is -0.385. The monoisotopic (exact) mass is 679 g/mol. The topological polar surface area (TPSA) is 133 Å². The fourth-order valence-corrected chi connectivity index (χ4v) is 6.18. The molecule has 1 N–H and O–H groups in total. The quantitative estimate of drug-likeness (QED) is 0.207. The molecule has 1 aliphatic rings. The number of benzene rings is 2. The first kappa shape index (κ1) is 28.7. The predicted octanol–water partition coefficient (Wildman–Crippen LogP) is 4.73. The molecule has 0 unspecified atom stereocenters. The van der Waals surface area contributed by atoms with Crippen molar-refractivity contribution < 1.29 is 24.3 Å². The Morgan fingerprint density at radius 1 is 1.26 bits per heavy atom. The molecule has 0 saturated carbocycles. The number of fused-ring (bicyclic) bond motifs is 1. The molecule has 0 radical (unpaired) electrons. The average Bonchev–Trinajstić information content (AvgIpc) is 3.19. The number of phenolic OH excluding ortho intramolecular Hbond substituents is 1. The van der Waals surface area contributed by atoms with Gasteiger partial charge >= 0.3 is 11.7 Å². The van der Waals surface area contributed by atoms with Gasteiger partial charge in [-0.05, 0) is 43.7 Å². The van der Waals surface area contributed by atoms with Crippen molar-refractivity contribution in [3.05, 3.63) is 91.5 Å². The third-order valence-corrected chi connectivity index (χ3v) is 7.88. The number of esters is 1. The SMILES string of the molecule is CCCC1=C(C(=O)OCC)[C@H](c2cc(Br)ccc2OC)n2c(s/c(=C/c3cc(Br)cc([N+](=O)[O-])c3O)c2=O)=N1. The fraction of sp³-hybridized carbons (Fsp3) is 0.269. The molecule has 1 aromatic heterocycles. The van der Waals surface area contributed by atoms with Gasteiger partial charge in [0.1, 0.15) is 11.8 Å². The van der Waals surface area contributed by atoms with Crippen molar-refractivity contribution in [1.82, 2.24) is 4.57 Å². The largest absolute Gasteiger partial charge is 0.502 e. The number of hydrogen-bond donors (Lipinski definition) is 1. The molecule has 0 fully saturated rings. The first-order valence-corrected chi connectivity index (χ1v) is 14.2. The number of nitro groups is 1. The number of nitrogens with zero attached hydrogens (tertiary/aromatic N) is 3. The van der Waals surface area contributed by atoms with Crippen LogP contribution in [0, 0.1) is 10.1 Å². The Morgan fingerprint density at radius 2 is 2.00 bits per heavy atom. The maximum Gasteiger partial charge on any atom is 0.338 e. The molecule has 1 aliphatic heterocycles. The fourth-order valence-electron chi connectivity index (χ4n) is 4.33. The van der Waals surface area contributed by atoms with Crippen LogP contribution in [0.15, 0.2) is 60.3 Å². The van der Waals surface area contributed by atoms with Crippen LogP contribution in [-0.4, -0.2) is 34.3 Å². The van der Waals surface area contributed by atoms with Gasteiger partial charge in [0.15, 0.2) is 4.80 Å². The number of phenols is 1. The van der Waals surface area contributed by atoms with E-state index in [1.54, 1.807) is 25.1 Å². The summed E-state index contributed by atoms with van der Waals surface area (Å²) in [7, 11) is 1.50. The number of rotatable bonds is 8. The van der Waals surface area contributed by atoms with E-state index in [9.17, 15) is 24.8 Å². The second-order valence-electron chi connectivity index (χ2n) is 8.42. The Morgan fingerprint density at radius 3 is 2.64 bits per heavy atom. The van der Waals surface area contributed by atoms with Gasteiger partial charge in [0.2, 0.25) is 5.75 Å². The van der Waals surface area contributed by atoms with Crippen LogP contribution in [0.2, 0.25) is 0 Å². The van der Waals surface area contributed by atoms with Crippen LogP contribution in [0.1, 0.15) is 43.9 Å². The zero-order valence-corrected chi connectivity index (χ0v) is 25.1. The van der Waals surface area contributed by atoms with Crippen molar-refractivity contribution in [2.75, 3.05) is 13.7 Å². The van der Waals surface area contributed by atoms with Crippen LogP contribution in [0.5, 0.6) is 11.5 Å². The molecular weight excluding hydrogens is 658 g/mol. The molecule has 4 rings (SSSR count). The molecule has 3 aromatic rings. The van der Waals surface area contributed by atoms with Crippen LogP contribution in [-0.2, 0) is 9.53 Å². The Hall–Kier alpha value is -3.29. The maximum atomic E-state index is 13.9. The molecule has 2 heterocycles. The lowest BCUT2D eigenvalue weighted by Gasteiger charge is -2.27. The van der Waals surface area contributed by atoms with Gasteiger partial charge in [-0.2, -0.15) is 0 Å². The summed E-state index contributed by atoms with van der Waals surface area (Å²) in [6.07, 6.45) is 2.53. The van der Waals surface area contributed by atoms with Crippen molar-refractivity contribution >= 4 is 60.9 Å². The summed E-state index contributed by atoms with van der Waals surface area (Å²) >= 11 is 7.75. The molecule has 39 heavy (non-hydrogen) atoms. The minimum atomic E-state index is -0.915. The zero-order chi connectivity index (χ0) is 28.4. The summed E-state index contributed by atoms with van der Waals surface area (Å²) in [6.45, 7) is 3.79. The van der Waals surface area contributed by atoms with Gasteiger partial charge in [-0.3, -0.25) is 19.5 Å². The van der Waals surface area contributed by atoms with E-state index in [1.165, 1.54) is 29.9 Å². The van der Waals surface area contributed by atoms with Crippen molar-refractivity contribution in [3.63, 3.8) is 0 Å². The summed E-state index contributed by atoms with van der Waals surface area (Å²) in [6, 6.07) is 7.03. The Kier molecular flexibility index (Phi) is 8.72. The van der Waals surface area contributed by atoms with E-state index in [1.807, 2.05) is 6.92 Å². The number of carbonyl (C=O) groups excluding carboxylic acids is 1. The third kappa shape index (κ3) is 5.56. The highest BCUT2D eigenvalue weighted by Crippen LogP contribution is 2.38. The molecule has 204 valence electrons. The van der Waals surface area contributed by atoms with Gasteiger partial charge in [0.05, 0.1) is 34.4 Å². The van der Waals surface area contributed by atoms with Gasteiger partial charge < -0.3 is 14.6 Å². The molecule has 13 heteroatoms. The minimum Gasteiger partial charge on any atom is -0.502 e. The molecule has 0 bridgehead atoms. The number of halogens is 2. The van der Waals surface area contributed by atoms with Crippen LogP contribution in [0.4, 0.5) is 5.69 Å². The number of hydrogen-bond acceptors (Lipinski definition) is 9. The number of allylic oxidation sites excluding steroid dienone is 1. The van der Waals surface area contributed by atoms with Gasteiger partial charge in [-0.15, -0.1) is 0 Å². The molecule has 0 saturated heterocycles. The number of carbonyl (C=O) groups is 1. The smallest absolute Gasteiger partial charge is 0.338 e. The molecule has 0 spiro atoms. The number of nitro benzene ring substituents is 1. The summed E-state index contributed by atoms with van der Waals surface area (Å²) in [4.78, 5) is 43.0. The predicted molar refractivity (Wildman–Crippen MR) is 153 cm³/mol. The normalized spacial score (nSPS) is 15.1. The second-order valence-corrected chi connectivity index (χ2v) is 11.3. The number of aromatic nitrogens is 1. The molecule has 10 nitrogen and oxygen atoms in total. The zero-order valence-electron chi connectivity index (χ0n) is 21.1. The van der Waals surface area contributed by atoms with Gasteiger partial charge in [-0.25, -0.2) is 9.79 Å². The van der Waals surface area contributed by atoms with Crippen LogP contribution in [0.3, 0.4) is 0 Å². The van der Waals surface area contributed by atoms with E-state index in [-0.39, 0.29) is 22.3 Å². The molecule has 1 atom stereocenters. The number of thiazole rings is 1. The minimum absolute atomic E-state index is 0.0799. The van der Waals surface area contributed by atoms with E-state index in [0.29, 0.717) is 43.6 Å².